The van der Waals surface area contributed by atoms with Crippen LogP contribution in [0.5, 0.6) is 5.75 Å². The van der Waals surface area contributed by atoms with Crippen LogP contribution in [-0.2, 0) is 4.79 Å². The van der Waals surface area contributed by atoms with Crippen LogP contribution in [0.4, 0.5) is 10.1 Å². The zero-order valence-electron chi connectivity index (χ0n) is 10.8. The fraction of sp³-hybridized carbons (Fsp3) is 0.133. The minimum Gasteiger partial charge on any atom is -0.494 e. The zero-order valence-corrected chi connectivity index (χ0v) is 10.8. The van der Waals surface area contributed by atoms with Crippen LogP contribution in [0.25, 0.3) is 0 Å². The summed E-state index contributed by atoms with van der Waals surface area (Å²) in [6.45, 7) is 0. The second-order valence-corrected chi connectivity index (χ2v) is 4.18. The first-order chi connectivity index (χ1) is 9.61. The van der Waals surface area contributed by atoms with Crippen molar-refractivity contribution in [3.63, 3.8) is 0 Å². The molecule has 0 saturated carbocycles. The van der Waals surface area contributed by atoms with Gasteiger partial charge in [0.2, 0.25) is 0 Å². The van der Waals surface area contributed by atoms with E-state index >= 15 is 0 Å². The highest BCUT2D eigenvalue weighted by Gasteiger charge is 2.19. The van der Waals surface area contributed by atoms with Crippen molar-refractivity contribution >= 4 is 11.7 Å². The topological polar surface area (TPSA) is 58.6 Å². The fourth-order valence-electron chi connectivity index (χ4n) is 1.86. The average Bonchev–Trinajstić information content (AvgIpc) is 2.45. The molecule has 0 bridgehead atoms. The minimum absolute atomic E-state index is 0.113. The number of carbonyl (C=O) groups is 1. The standard InChI is InChI=1S/C15H14FNO3/c1-20-13-8-7-11(9-12(13)16)17-14(15(18)19)10-5-3-2-4-6-10/h2-9,14,17H,1H3,(H,18,19). The summed E-state index contributed by atoms with van der Waals surface area (Å²) in [5.74, 6) is -1.47. The van der Waals surface area contributed by atoms with Gasteiger partial charge in [0.05, 0.1) is 7.11 Å². The van der Waals surface area contributed by atoms with E-state index in [-0.39, 0.29) is 5.75 Å². The summed E-state index contributed by atoms with van der Waals surface area (Å²) in [4.78, 5) is 11.3. The molecule has 0 radical (unpaired) electrons. The van der Waals surface area contributed by atoms with Gasteiger partial charge in [0.1, 0.15) is 0 Å². The van der Waals surface area contributed by atoms with E-state index in [2.05, 4.69) is 5.32 Å². The van der Waals surface area contributed by atoms with E-state index in [1.165, 1.54) is 19.2 Å². The molecule has 20 heavy (non-hydrogen) atoms. The molecular weight excluding hydrogens is 261 g/mol. The van der Waals surface area contributed by atoms with Crippen LogP contribution in [0.2, 0.25) is 0 Å². The third kappa shape index (κ3) is 3.06. The van der Waals surface area contributed by atoms with E-state index in [1.807, 2.05) is 0 Å². The number of hydrogen-bond acceptors (Lipinski definition) is 3. The molecule has 0 heterocycles. The molecular formula is C15H14FNO3. The molecule has 0 saturated heterocycles. The van der Waals surface area contributed by atoms with Crippen LogP contribution in [0.3, 0.4) is 0 Å². The van der Waals surface area contributed by atoms with Crippen LogP contribution in [0, 0.1) is 5.82 Å². The SMILES string of the molecule is COc1ccc(NC(C(=O)O)c2ccccc2)cc1F. The van der Waals surface area contributed by atoms with E-state index in [9.17, 15) is 14.3 Å². The number of nitrogens with one attached hydrogen (secondary N) is 1. The van der Waals surface area contributed by atoms with Gasteiger partial charge < -0.3 is 15.2 Å². The highest BCUT2D eigenvalue weighted by Crippen LogP contribution is 2.24. The Bertz CT molecular complexity index is 601. The van der Waals surface area contributed by atoms with Gasteiger partial charge in [0.15, 0.2) is 17.6 Å². The van der Waals surface area contributed by atoms with Crippen molar-refractivity contribution < 1.29 is 19.0 Å². The second kappa shape index (κ2) is 6.06. The van der Waals surface area contributed by atoms with Crippen molar-refractivity contribution in [2.45, 2.75) is 6.04 Å². The Kier molecular flexibility index (Phi) is 4.20. The summed E-state index contributed by atoms with van der Waals surface area (Å²) in [5, 5.41) is 12.1. The Morgan fingerprint density at radius 2 is 1.95 bits per heavy atom. The molecule has 0 aromatic heterocycles. The number of benzene rings is 2. The summed E-state index contributed by atoms with van der Waals surface area (Å²) < 4.78 is 18.4. The predicted molar refractivity (Wildman–Crippen MR) is 73.4 cm³/mol. The molecule has 2 rings (SSSR count). The molecule has 104 valence electrons. The van der Waals surface area contributed by atoms with Crippen LogP contribution in [0.1, 0.15) is 11.6 Å². The van der Waals surface area contributed by atoms with E-state index in [1.54, 1.807) is 36.4 Å². The highest BCUT2D eigenvalue weighted by molar-refractivity contribution is 5.79. The number of anilines is 1. The summed E-state index contributed by atoms with van der Waals surface area (Å²) in [6, 6.07) is 12.0. The van der Waals surface area contributed by atoms with Gasteiger partial charge in [-0.2, -0.15) is 0 Å². The molecule has 1 atom stereocenters. The molecule has 2 aromatic carbocycles. The molecule has 0 amide bonds. The van der Waals surface area contributed by atoms with Gasteiger partial charge in [-0.15, -0.1) is 0 Å². The van der Waals surface area contributed by atoms with Gasteiger partial charge in [-0.1, -0.05) is 30.3 Å². The molecule has 1 unspecified atom stereocenters. The molecule has 2 aromatic rings. The van der Waals surface area contributed by atoms with Crippen LogP contribution >= 0.6 is 0 Å². The third-order valence-electron chi connectivity index (χ3n) is 2.84. The van der Waals surface area contributed by atoms with E-state index < -0.39 is 17.8 Å². The Hall–Kier alpha value is -2.56. The summed E-state index contributed by atoms with van der Waals surface area (Å²) in [6.07, 6.45) is 0. The Labute approximate surface area is 115 Å². The summed E-state index contributed by atoms with van der Waals surface area (Å²) in [5.41, 5.74) is 0.968. The van der Waals surface area contributed by atoms with Crippen molar-refractivity contribution in [3.05, 3.63) is 59.9 Å². The monoisotopic (exact) mass is 275 g/mol. The quantitative estimate of drug-likeness (QED) is 0.880. The number of ether oxygens (including phenoxy) is 1. The largest absolute Gasteiger partial charge is 0.494 e. The van der Waals surface area contributed by atoms with Gasteiger partial charge in [-0.25, -0.2) is 9.18 Å². The Balaban J connectivity index is 2.25. The first-order valence-electron chi connectivity index (χ1n) is 5.99. The molecule has 0 aliphatic rings. The lowest BCUT2D eigenvalue weighted by Crippen LogP contribution is -2.20. The third-order valence-corrected chi connectivity index (χ3v) is 2.84. The number of rotatable bonds is 5. The number of carboxylic acids is 1. The molecule has 0 spiro atoms. The van der Waals surface area contributed by atoms with Gasteiger partial charge in [0.25, 0.3) is 0 Å². The molecule has 4 nitrogen and oxygen atoms in total. The molecule has 5 heteroatoms. The van der Waals surface area contributed by atoms with Crippen LogP contribution < -0.4 is 10.1 Å². The zero-order chi connectivity index (χ0) is 14.5. The normalized spacial score (nSPS) is 11.7. The van der Waals surface area contributed by atoms with Crippen molar-refractivity contribution in [1.82, 2.24) is 0 Å². The average molecular weight is 275 g/mol. The van der Waals surface area contributed by atoms with Gasteiger partial charge >= 0.3 is 5.97 Å². The Morgan fingerprint density at radius 3 is 2.50 bits per heavy atom. The Morgan fingerprint density at radius 1 is 1.25 bits per heavy atom. The number of methoxy groups -OCH3 is 1. The number of hydrogen-bond donors (Lipinski definition) is 2. The molecule has 0 aliphatic carbocycles. The van der Waals surface area contributed by atoms with Crippen LogP contribution in [-0.4, -0.2) is 18.2 Å². The first-order valence-corrected chi connectivity index (χ1v) is 5.99. The molecule has 2 N–H and O–H groups in total. The van der Waals surface area contributed by atoms with Crippen molar-refractivity contribution in [2.24, 2.45) is 0 Å². The minimum atomic E-state index is -1.03. The maximum atomic E-state index is 13.6. The smallest absolute Gasteiger partial charge is 0.330 e. The fourth-order valence-corrected chi connectivity index (χ4v) is 1.86. The number of aliphatic carboxylic acids is 1. The highest BCUT2D eigenvalue weighted by atomic mass is 19.1. The van der Waals surface area contributed by atoms with E-state index in [4.69, 9.17) is 4.74 Å². The van der Waals surface area contributed by atoms with Crippen LogP contribution in [0.15, 0.2) is 48.5 Å². The van der Waals surface area contributed by atoms with Gasteiger partial charge in [0, 0.05) is 11.8 Å². The van der Waals surface area contributed by atoms with Gasteiger partial charge in [-0.3, -0.25) is 0 Å². The van der Waals surface area contributed by atoms with Gasteiger partial charge in [-0.05, 0) is 17.7 Å². The second-order valence-electron chi connectivity index (χ2n) is 4.18. The lowest BCUT2D eigenvalue weighted by Gasteiger charge is -2.16. The number of halogens is 1. The predicted octanol–water partition coefficient (Wildman–Crippen LogP) is 3.07. The number of carboxylic acid groups (broad SMARTS) is 1. The van der Waals surface area contributed by atoms with Crippen molar-refractivity contribution in [1.29, 1.82) is 0 Å². The lowest BCUT2D eigenvalue weighted by atomic mass is 10.1. The molecule has 0 fully saturated rings. The van der Waals surface area contributed by atoms with Crippen molar-refractivity contribution in [2.75, 3.05) is 12.4 Å². The maximum absolute atomic E-state index is 13.6. The summed E-state index contributed by atoms with van der Waals surface area (Å²) in [7, 11) is 1.37. The van der Waals surface area contributed by atoms with E-state index in [0.717, 1.165) is 0 Å². The van der Waals surface area contributed by atoms with E-state index in [0.29, 0.717) is 11.3 Å². The lowest BCUT2D eigenvalue weighted by molar-refractivity contribution is -0.138. The maximum Gasteiger partial charge on any atom is 0.330 e. The van der Waals surface area contributed by atoms with Crippen molar-refractivity contribution in [3.8, 4) is 5.75 Å². The molecule has 0 aliphatic heterocycles. The summed E-state index contributed by atoms with van der Waals surface area (Å²) >= 11 is 0. The first kappa shape index (κ1) is 13.9.